The first-order chi connectivity index (χ1) is 9.80. The Labute approximate surface area is 123 Å². The van der Waals surface area contributed by atoms with E-state index in [-0.39, 0.29) is 18.5 Å². The van der Waals surface area contributed by atoms with Gasteiger partial charge in [0.15, 0.2) is 0 Å². The summed E-state index contributed by atoms with van der Waals surface area (Å²) >= 11 is 0. The third-order valence-electron chi connectivity index (χ3n) is 3.89. The van der Waals surface area contributed by atoms with Crippen LogP contribution in [0.5, 0.6) is 0 Å². The molecular weight excluding hydrogens is 272 g/mol. The summed E-state index contributed by atoms with van der Waals surface area (Å²) in [6.07, 6.45) is 0. The average Bonchev–Trinajstić information content (AvgIpc) is 2.69. The van der Waals surface area contributed by atoms with Gasteiger partial charge in [0.1, 0.15) is 5.54 Å². The summed E-state index contributed by atoms with van der Waals surface area (Å²) in [6.45, 7) is 5.27. The molecule has 1 aliphatic rings. The molecule has 6 nitrogen and oxygen atoms in total. The number of carboxylic acid groups (broad SMARTS) is 1. The number of amides is 2. The quantitative estimate of drug-likeness (QED) is 0.830. The molecule has 1 aliphatic heterocycles. The zero-order valence-electron chi connectivity index (χ0n) is 12.3. The van der Waals surface area contributed by atoms with Gasteiger partial charge in [0.25, 0.3) is 11.8 Å². The molecule has 0 saturated heterocycles. The Morgan fingerprint density at radius 1 is 1.19 bits per heavy atom. The number of hydrogen-bond acceptors (Lipinski definition) is 4. The number of nitrogens with zero attached hydrogens (tertiary/aromatic N) is 2. The first-order valence-corrected chi connectivity index (χ1v) is 6.74. The molecule has 1 N–H and O–H groups in total. The van der Waals surface area contributed by atoms with Gasteiger partial charge < -0.3 is 5.11 Å². The lowest BCUT2D eigenvalue weighted by Crippen LogP contribution is -2.54. The van der Waals surface area contributed by atoms with E-state index in [1.54, 1.807) is 49.9 Å². The minimum atomic E-state index is -1.16. The molecule has 1 aromatic carbocycles. The van der Waals surface area contributed by atoms with E-state index < -0.39 is 11.5 Å². The molecule has 0 saturated carbocycles. The van der Waals surface area contributed by atoms with Crippen molar-refractivity contribution in [2.45, 2.75) is 26.3 Å². The smallest absolute Gasteiger partial charge is 0.323 e. The standard InChI is InChI=1S/C15H18N2O4/c1-4-16(15(2,3)14(20)21)9-17-12(18)10-7-5-6-8-11(10)13(17)19/h5-8H,4,9H2,1-3H3,(H,20,21). The number of benzene rings is 1. The van der Waals surface area contributed by atoms with E-state index in [1.165, 1.54) is 0 Å². The van der Waals surface area contributed by atoms with Crippen LogP contribution in [0.25, 0.3) is 0 Å². The summed E-state index contributed by atoms with van der Waals surface area (Å²) in [5.41, 5.74) is -0.428. The van der Waals surface area contributed by atoms with Crippen LogP contribution in [0.2, 0.25) is 0 Å². The van der Waals surface area contributed by atoms with Crippen LogP contribution in [0, 0.1) is 0 Å². The van der Waals surface area contributed by atoms with E-state index in [4.69, 9.17) is 0 Å². The van der Waals surface area contributed by atoms with Crippen molar-refractivity contribution in [2.24, 2.45) is 0 Å². The molecule has 2 rings (SSSR count). The highest BCUT2D eigenvalue weighted by Crippen LogP contribution is 2.24. The summed E-state index contributed by atoms with van der Waals surface area (Å²) in [6, 6.07) is 6.61. The fourth-order valence-corrected chi connectivity index (χ4v) is 2.35. The zero-order chi connectivity index (χ0) is 15.8. The van der Waals surface area contributed by atoms with Crippen LogP contribution in [-0.2, 0) is 4.79 Å². The maximum absolute atomic E-state index is 12.3. The zero-order valence-corrected chi connectivity index (χ0v) is 12.3. The fourth-order valence-electron chi connectivity index (χ4n) is 2.35. The van der Waals surface area contributed by atoms with Crippen molar-refractivity contribution in [3.63, 3.8) is 0 Å². The third kappa shape index (κ3) is 2.42. The second-order valence-corrected chi connectivity index (χ2v) is 5.45. The Bertz CT molecular complexity index is 574. The fraction of sp³-hybridized carbons (Fsp3) is 0.400. The number of likely N-dealkylation sites (N-methyl/N-ethyl adjacent to an activating group) is 1. The van der Waals surface area contributed by atoms with Gasteiger partial charge in [-0.2, -0.15) is 0 Å². The van der Waals surface area contributed by atoms with Gasteiger partial charge in [-0.25, -0.2) is 0 Å². The van der Waals surface area contributed by atoms with Crippen molar-refractivity contribution in [1.82, 2.24) is 9.80 Å². The van der Waals surface area contributed by atoms with Gasteiger partial charge in [0.05, 0.1) is 17.8 Å². The molecule has 0 unspecified atom stereocenters. The molecule has 1 heterocycles. The average molecular weight is 290 g/mol. The minimum absolute atomic E-state index is 0.0395. The monoisotopic (exact) mass is 290 g/mol. The van der Waals surface area contributed by atoms with Gasteiger partial charge in [-0.05, 0) is 32.5 Å². The highest BCUT2D eigenvalue weighted by Gasteiger charge is 2.40. The molecule has 0 bridgehead atoms. The van der Waals surface area contributed by atoms with Gasteiger partial charge in [-0.15, -0.1) is 0 Å². The van der Waals surface area contributed by atoms with Crippen LogP contribution >= 0.6 is 0 Å². The number of imide groups is 1. The number of fused-ring (bicyclic) bond motifs is 1. The van der Waals surface area contributed by atoms with Crippen molar-refractivity contribution in [3.8, 4) is 0 Å². The normalized spacial score (nSPS) is 14.8. The molecule has 0 fully saturated rings. The summed E-state index contributed by atoms with van der Waals surface area (Å²) < 4.78 is 0. The Morgan fingerprint density at radius 2 is 1.67 bits per heavy atom. The van der Waals surface area contributed by atoms with E-state index in [9.17, 15) is 19.5 Å². The second-order valence-electron chi connectivity index (χ2n) is 5.45. The molecule has 0 aliphatic carbocycles. The van der Waals surface area contributed by atoms with E-state index in [0.29, 0.717) is 17.7 Å². The predicted molar refractivity (Wildman–Crippen MR) is 75.9 cm³/mol. The Morgan fingerprint density at radius 3 is 2.05 bits per heavy atom. The number of carbonyl (C=O) groups is 3. The van der Waals surface area contributed by atoms with Crippen LogP contribution < -0.4 is 0 Å². The number of rotatable bonds is 5. The molecule has 6 heteroatoms. The van der Waals surface area contributed by atoms with Crippen molar-refractivity contribution in [1.29, 1.82) is 0 Å². The summed E-state index contributed by atoms with van der Waals surface area (Å²) in [7, 11) is 0. The Hall–Kier alpha value is -2.21. The second kappa shape index (κ2) is 5.29. The van der Waals surface area contributed by atoms with Crippen molar-refractivity contribution < 1.29 is 19.5 Å². The number of carbonyl (C=O) groups excluding carboxylic acids is 2. The van der Waals surface area contributed by atoms with Crippen LogP contribution in [0.4, 0.5) is 0 Å². The lowest BCUT2D eigenvalue weighted by Gasteiger charge is -2.36. The topological polar surface area (TPSA) is 77.9 Å². The van der Waals surface area contributed by atoms with Crippen molar-refractivity contribution in [3.05, 3.63) is 35.4 Å². The van der Waals surface area contributed by atoms with E-state index >= 15 is 0 Å². The molecular formula is C15H18N2O4. The molecule has 0 spiro atoms. The number of carboxylic acids is 1. The largest absolute Gasteiger partial charge is 0.480 e. The Balaban J connectivity index is 2.27. The lowest BCUT2D eigenvalue weighted by molar-refractivity contribution is -0.150. The number of aliphatic carboxylic acids is 1. The molecule has 2 amide bonds. The van der Waals surface area contributed by atoms with E-state index in [1.807, 2.05) is 0 Å². The molecule has 112 valence electrons. The van der Waals surface area contributed by atoms with Crippen molar-refractivity contribution in [2.75, 3.05) is 13.2 Å². The SMILES string of the molecule is CCN(CN1C(=O)c2ccccc2C1=O)C(C)(C)C(=O)O. The predicted octanol–water partition coefficient (Wildman–Crippen LogP) is 1.43. The van der Waals surface area contributed by atoms with Gasteiger partial charge in [-0.3, -0.25) is 24.2 Å². The van der Waals surface area contributed by atoms with Gasteiger partial charge in [0.2, 0.25) is 0 Å². The van der Waals surface area contributed by atoms with Crippen molar-refractivity contribution >= 4 is 17.8 Å². The molecule has 0 radical (unpaired) electrons. The van der Waals surface area contributed by atoms with Crippen LogP contribution in [-0.4, -0.2) is 51.4 Å². The van der Waals surface area contributed by atoms with E-state index in [2.05, 4.69) is 0 Å². The third-order valence-corrected chi connectivity index (χ3v) is 3.89. The molecule has 0 atom stereocenters. The molecule has 0 aromatic heterocycles. The van der Waals surface area contributed by atoms with E-state index in [0.717, 1.165) is 4.90 Å². The van der Waals surface area contributed by atoms with Gasteiger partial charge in [0, 0.05) is 0 Å². The molecule has 21 heavy (non-hydrogen) atoms. The van der Waals surface area contributed by atoms with Crippen LogP contribution in [0.3, 0.4) is 0 Å². The highest BCUT2D eigenvalue weighted by atomic mass is 16.4. The summed E-state index contributed by atoms with van der Waals surface area (Å²) in [5.74, 6) is -1.76. The maximum atomic E-state index is 12.3. The Kier molecular flexibility index (Phi) is 3.82. The minimum Gasteiger partial charge on any atom is -0.480 e. The van der Waals surface area contributed by atoms with Gasteiger partial charge >= 0.3 is 5.97 Å². The number of hydrogen-bond donors (Lipinski definition) is 1. The first kappa shape index (κ1) is 15.2. The highest BCUT2D eigenvalue weighted by molar-refractivity contribution is 6.21. The first-order valence-electron chi connectivity index (χ1n) is 6.74. The summed E-state index contributed by atoms with van der Waals surface area (Å²) in [5, 5.41) is 9.29. The molecule has 1 aromatic rings. The maximum Gasteiger partial charge on any atom is 0.323 e. The van der Waals surface area contributed by atoms with Crippen LogP contribution in [0.15, 0.2) is 24.3 Å². The summed E-state index contributed by atoms with van der Waals surface area (Å²) in [4.78, 5) is 38.6. The van der Waals surface area contributed by atoms with Crippen LogP contribution in [0.1, 0.15) is 41.5 Å². The van der Waals surface area contributed by atoms with Gasteiger partial charge in [-0.1, -0.05) is 19.1 Å². The lowest BCUT2D eigenvalue weighted by atomic mass is 10.0.